The maximum Gasteiger partial charge on any atom is 0.276 e. The number of carbonyl (C=O) groups is 1. The topological polar surface area (TPSA) is 45.5 Å². The molecule has 26 heavy (non-hydrogen) atoms. The zero-order valence-electron chi connectivity index (χ0n) is 14.2. The lowest BCUT2D eigenvalue weighted by atomic mass is 9.94. The first kappa shape index (κ1) is 17.3. The number of carbonyl (C=O) groups excluding carboxylic acids is 1. The lowest BCUT2D eigenvalue weighted by Gasteiger charge is -2.29. The minimum atomic E-state index is -0.0670. The first-order valence-corrected chi connectivity index (χ1v) is 9.62. The van der Waals surface area contributed by atoms with Crippen LogP contribution in [0.3, 0.4) is 0 Å². The molecule has 134 valence electrons. The third kappa shape index (κ3) is 3.41. The van der Waals surface area contributed by atoms with Gasteiger partial charge in [0.15, 0.2) is 5.11 Å². The van der Waals surface area contributed by atoms with Crippen molar-refractivity contribution in [2.45, 2.75) is 38.1 Å². The molecule has 2 heterocycles. The predicted octanol–water partition coefficient (Wildman–Crippen LogP) is 4.99. The Morgan fingerprint density at radius 2 is 2.00 bits per heavy atom. The summed E-state index contributed by atoms with van der Waals surface area (Å²) in [6.07, 6.45) is 7.28. The molecule has 0 unspecified atom stereocenters. The first-order chi connectivity index (χ1) is 12.6. The molecule has 1 saturated heterocycles. The second-order valence-electron chi connectivity index (χ2n) is 6.67. The SMILES string of the molecule is O=C1/C(=C\c2ccc(-c3cccc(Cl)c3)o2)NC(=S)N1C1CCCCC1. The van der Waals surface area contributed by atoms with Crippen LogP contribution in [-0.4, -0.2) is 22.0 Å². The molecule has 0 spiro atoms. The lowest BCUT2D eigenvalue weighted by molar-refractivity contribution is -0.124. The van der Waals surface area contributed by atoms with Crippen molar-refractivity contribution in [2.75, 3.05) is 0 Å². The molecule has 2 aromatic rings. The van der Waals surface area contributed by atoms with E-state index in [4.69, 9.17) is 28.2 Å². The quantitative estimate of drug-likeness (QED) is 0.596. The molecule has 2 fully saturated rings. The van der Waals surface area contributed by atoms with Crippen molar-refractivity contribution in [3.05, 3.63) is 52.9 Å². The number of hydrogen-bond acceptors (Lipinski definition) is 3. The Kier molecular flexibility index (Phi) is 4.83. The van der Waals surface area contributed by atoms with Crippen molar-refractivity contribution < 1.29 is 9.21 Å². The summed E-state index contributed by atoms with van der Waals surface area (Å²) >= 11 is 11.4. The van der Waals surface area contributed by atoms with Gasteiger partial charge < -0.3 is 9.73 Å². The van der Waals surface area contributed by atoms with E-state index in [0.717, 1.165) is 31.2 Å². The van der Waals surface area contributed by atoms with Gasteiger partial charge in [0.05, 0.1) is 0 Å². The number of thiocarbonyl (C=S) groups is 1. The van der Waals surface area contributed by atoms with Crippen LogP contribution in [0, 0.1) is 0 Å². The maximum atomic E-state index is 12.8. The number of nitrogens with zero attached hydrogens (tertiary/aromatic N) is 1. The molecule has 4 nitrogen and oxygen atoms in total. The van der Waals surface area contributed by atoms with E-state index in [9.17, 15) is 4.79 Å². The van der Waals surface area contributed by atoms with Crippen LogP contribution in [0.15, 0.2) is 46.5 Å². The molecule has 6 heteroatoms. The molecule has 4 rings (SSSR count). The smallest absolute Gasteiger partial charge is 0.276 e. The van der Waals surface area contributed by atoms with Gasteiger partial charge in [-0.2, -0.15) is 0 Å². The van der Waals surface area contributed by atoms with E-state index in [0.29, 0.717) is 27.4 Å². The fourth-order valence-electron chi connectivity index (χ4n) is 3.59. The Labute approximate surface area is 162 Å². The largest absolute Gasteiger partial charge is 0.457 e. The maximum absolute atomic E-state index is 12.8. The van der Waals surface area contributed by atoms with E-state index in [-0.39, 0.29) is 11.9 Å². The van der Waals surface area contributed by atoms with Gasteiger partial charge in [0, 0.05) is 22.7 Å². The molecule has 0 bridgehead atoms. The predicted molar refractivity (Wildman–Crippen MR) is 107 cm³/mol. The molecule has 1 aliphatic heterocycles. The fraction of sp³-hybridized carbons (Fsp3) is 0.300. The summed E-state index contributed by atoms with van der Waals surface area (Å²) in [5, 5.41) is 4.19. The van der Waals surface area contributed by atoms with Crippen LogP contribution < -0.4 is 5.32 Å². The molecule has 0 atom stereocenters. The van der Waals surface area contributed by atoms with E-state index in [2.05, 4.69) is 5.32 Å². The molecule has 1 saturated carbocycles. The van der Waals surface area contributed by atoms with E-state index < -0.39 is 0 Å². The molecule has 1 aliphatic carbocycles. The lowest BCUT2D eigenvalue weighted by Crippen LogP contribution is -2.41. The van der Waals surface area contributed by atoms with Gasteiger partial charge in [0.25, 0.3) is 5.91 Å². The molecule has 1 N–H and O–H groups in total. The Bertz CT molecular complexity index is 883. The highest BCUT2D eigenvalue weighted by Crippen LogP contribution is 2.29. The van der Waals surface area contributed by atoms with Gasteiger partial charge in [-0.15, -0.1) is 0 Å². The van der Waals surface area contributed by atoms with Crippen molar-refractivity contribution in [3.63, 3.8) is 0 Å². The molecule has 0 radical (unpaired) electrons. The Morgan fingerprint density at radius 1 is 1.19 bits per heavy atom. The summed E-state index contributed by atoms with van der Waals surface area (Å²) in [5.74, 6) is 1.24. The average Bonchev–Trinajstić information content (AvgIpc) is 3.21. The molecular weight excluding hydrogens is 368 g/mol. The van der Waals surface area contributed by atoms with Crippen LogP contribution in [0.1, 0.15) is 37.9 Å². The number of hydrogen-bond donors (Lipinski definition) is 1. The third-order valence-corrected chi connectivity index (χ3v) is 5.41. The number of amides is 1. The van der Waals surface area contributed by atoms with E-state index >= 15 is 0 Å². The zero-order valence-corrected chi connectivity index (χ0v) is 15.8. The fourth-order valence-corrected chi connectivity index (χ4v) is 4.12. The summed E-state index contributed by atoms with van der Waals surface area (Å²) in [4.78, 5) is 14.5. The molecular formula is C20H19ClN2O2S. The normalized spacial score (nSPS) is 20.0. The zero-order chi connectivity index (χ0) is 18.1. The molecule has 1 aromatic heterocycles. The summed E-state index contributed by atoms with van der Waals surface area (Å²) < 4.78 is 5.86. The van der Waals surface area contributed by atoms with Crippen LogP contribution in [0.5, 0.6) is 0 Å². The van der Waals surface area contributed by atoms with Gasteiger partial charge in [0.2, 0.25) is 0 Å². The highest BCUT2D eigenvalue weighted by molar-refractivity contribution is 7.80. The number of rotatable bonds is 3. The highest BCUT2D eigenvalue weighted by atomic mass is 35.5. The minimum absolute atomic E-state index is 0.0670. The number of benzene rings is 1. The van der Waals surface area contributed by atoms with Crippen molar-refractivity contribution in [1.29, 1.82) is 0 Å². The Balaban J connectivity index is 1.55. The Morgan fingerprint density at radius 3 is 2.77 bits per heavy atom. The third-order valence-electron chi connectivity index (χ3n) is 4.87. The number of furan rings is 1. The van der Waals surface area contributed by atoms with E-state index in [1.54, 1.807) is 11.0 Å². The van der Waals surface area contributed by atoms with Gasteiger partial charge in [-0.25, -0.2) is 0 Å². The van der Waals surface area contributed by atoms with Crippen molar-refractivity contribution in [2.24, 2.45) is 0 Å². The summed E-state index contributed by atoms with van der Waals surface area (Å²) in [7, 11) is 0. The van der Waals surface area contributed by atoms with Gasteiger partial charge in [-0.05, 0) is 49.3 Å². The number of nitrogens with one attached hydrogen (secondary N) is 1. The van der Waals surface area contributed by atoms with E-state index in [1.165, 1.54) is 6.42 Å². The molecule has 1 amide bonds. The van der Waals surface area contributed by atoms with Gasteiger partial charge in [-0.3, -0.25) is 9.69 Å². The van der Waals surface area contributed by atoms with Crippen LogP contribution in [0.4, 0.5) is 0 Å². The van der Waals surface area contributed by atoms with Gasteiger partial charge in [-0.1, -0.05) is 43.0 Å². The Hall–Kier alpha value is -2.11. The van der Waals surface area contributed by atoms with Crippen molar-refractivity contribution >= 4 is 40.9 Å². The van der Waals surface area contributed by atoms with Crippen LogP contribution in [0.25, 0.3) is 17.4 Å². The van der Waals surface area contributed by atoms with Gasteiger partial charge >= 0.3 is 0 Å². The monoisotopic (exact) mass is 386 g/mol. The van der Waals surface area contributed by atoms with E-state index in [1.807, 2.05) is 36.4 Å². The van der Waals surface area contributed by atoms with Crippen molar-refractivity contribution in [3.8, 4) is 11.3 Å². The summed E-state index contributed by atoms with van der Waals surface area (Å²) in [6, 6.07) is 11.4. The molecule has 2 aliphatic rings. The number of halogens is 1. The molecule has 1 aromatic carbocycles. The summed E-state index contributed by atoms with van der Waals surface area (Å²) in [6.45, 7) is 0. The first-order valence-electron chi connectivity index (χ1n) is 8.84. The summed E-state index contributed by atoms with van der Waals surface area (Å²) in [5.41, 5.74) is 1.36. The van der Waals surface area contributed by atoms with Crippen molar-refractivity contribution in [1.82, 2.24) is 10.2 Å². The van der Waals surface area contributed by atoms with Crippen LogP contribution in [0.2, 0.25) is 5.02 Å². The standard InChI is InChI=1S/C20H19ClN2O2S/c21-14-6-4-5-13(11-14)18-10-9-16(25-18)12-17-19(24)23(20(26)22-17)15-7-2-1-3-8-15/h4-6,9-12,15H,1-3,7-8H2,(H,22,26)/b17-12+. The highest BCUT2D eigenvalue weighted by Gasteiger charge is 2.36. The van der Waals surface area contributed by atoms with Crippen LogP contribution in [-0.2, 0) is 4.79 Å². The second-order valence-corrected chi connectivity index (χ2v) is 7.49. The second kappa shape index (κ2) is 7.25. The van der Waals surface area contributed by atoms with Gasteiger partial charge in [0.1, 0.15) is 17.2 Å². The average molecular weight is 387 g/mol. The van der Waals surface area contributed by atoms with Crippen LogP contribution >= 0.6 is 23.8 Å². The minimum Gasteiger partial charge on any atom is -0.457 e.